The van der Waals surface area contributed by atoms with E-state index in [0.29, 0.717) is 5.04 Å². The number of benzene rings is 4. The van der Waals surface area contributed by atoms with Crippen LogP contribution in [0.2, 0.25) is 0 Å². The molecular weight excluding hydrogens is 480 g/mol. The molecule has 0 saturated heterocycles. The van der Waals surface area contributed by atoms with Crippen molar-refractivity contribution >= 4 is 40.0 Å². The smallest absolute Gasteiger partial charge is 0.187 e. The lowest BCUT2D eigenvalue weighted by atomic mass is 9.81. The van der Waals surface area contributed by atoms with Gasteiger partial charge >= 0.3 is 0 Å². The molecule has 2 aliphatic heterocycles. The number of hydrogen-bond donors (Lipinski definition) is 0. The van der Waals surface area contributed by atoms with Gasteiger partial charge in [0.25, 0.3) is 0 Å². The van der Waals surface area contributed by atoms with Gasteiger partial charge in [-0.3, -0.25) is 4.79 Å². The summed E-state index contributed by atoms with van der Waals surface area (Å²) in [6, 6.07) is 36.6. The number of carbonyl (C=O) groups excluding carboxylic acids is 1. The molecule has 3 nitrogen and oxygen atoms in total. The van der Waals surface area contributed by atoms with Crippen molar-refractivity contribution in [1.29, 1.82) is 0 Å². The van der Waals surface area contributed by atoms with Gasteiger partial charge in [0.15, 0.2) is 15.0 Å². The minimum absolute atomic E-state index is 0.0148. The molecule has 2 heterocycles. The summed E-state index contributed by atoms with van der Waals surface area (Å²) < 4.78 is -1.10. The van der Waals surface area contributed by atoms with Gasteiger partial charge in [0.2, 0.25) is 0 Å². The van der Waals surface area contributed by atoms with Crippen LogP contribution >= 0.6 is 23.5 Å². The lowest BCUT2D eigenvalue weighted by Gasteiger charge is -2.37. The molecule has 4 aromatic rings. The highest BCUT2D eigenvalue weighted by Gasteiger charge is 2.61. The third-order valence-corrected chi connectivity index (χ3v) is 10.3. The van der Waals surface area contributed by atoms with E-state index in [1.54, 1.807) is 18.7 Å². The Morgan fingerprint density at radius 3 is 1.81 bits per heavy atom. The molecule has 0 fully saturated rings. The molecule has 5 heteroatoms. The van der Waals surface area contributed by atoms with Gasteiger partial charge in [-0.15, -0.1) is 0 Å². The quantitative estimate of drug-likeness (QED) is 0.285. The Kier molecular flexibility index (Phi) is 5.58. The maximum absolute atomic E-state index is 12.7. The third kappa shape index (κ3) is 3.45. The van der Waals surface area contributed by atoms with Crippen LogP contribution in [0.25, 0.3) is 0 Å². The van der Waals surface area contributed by atoms with Crippen molar-refractivity contribution in [3.05, 3.63) is 137 Å². The highest BCUT2D eigenvalue weighted by atomic mass is 32.2. The lowest BCUT2D eigenvalue weighted by molar-refractivity contribution is -0.110. The van der Waals surface area contributed by atoms with E-state index in [-0.39, 0.29) is 5.78 Å². The lowest BCUT2D eigenvalue weighted by Crippen LogP contribution is -2.34. The van der Waals surface area contributed by atoms with Crippen molar-refractivity contribution in [2.24, 2.45) is 5.10 Å². The summed E-state index contributed by atoms with van der Waals surface area (Å²) in [5, 5.41) is 7.51. The van der Waals surface area contributed by atoms with Gasteiger partial charge in [-0.2, -0.15) is 5.10 Å². The van der Waals surface area contributed by atoms with Crippen LogP contribution in [0, 0.1) is 13.8 Å². The average molecular weight is 507 g/mol. The van der Waals surface area contributed by atoms with Gasteiger partial charge in [-0.1, -0.05) is 126 Å². The summed E-state index contributed by atoms with van der Waals surface area (Å²) in [6.07, 6.45) is 0. The number of hydrogen-bond acceptors (Lipinski definition) is 5. The molecule has 0 aromatic heterocycles. The Hall–Kier alpha value is -3.28. The number of Topliss-reactive ketones (excluding diaryl/α,β-unsaturated/α-hetero) is 1. The van der Waals surface area contributed by atoms with Crippen molar-refractivity contribution in [2.45, 2.75) is 29.7 Å². The number of para-hydroxylation sites is 1. The summed E-state index contributed by atoms with van der Waals surface area (Å²) in [7, 11) is 0. The monoisotopic (exact) mass is 506 g/mol. The molecule has 0 bridgehead atoms. The zero-order valence-corrected chi connectivity index (χ0v) is 22.1. The molecule has 178 valence electrons. The first-order valence-electron chi connectivity index (χ1n) is 12.0. The molecule has 0 saturated carbocycles. The number of ketones is 1. The van der Waals surface area contributed by atoms with Crippen molar-refractivity contribution in [3.63, 3.8) is 0 Å². The molecule has 2 aliphatic rings. The molecule has 6 rings (SSSR count). The van der Waals surface area contributed by atoms with Crippen molar-refractivity contribution < 1.29 is 4.79 Å². The molecule has 0 unspecified atom stereocenters. The van der Waals surface area contributed by atoms with Crippen LogP contribution < -0.4 is 5.01 Å². The number of anilines is 1. The molecule has 0 radical (unpaired) electrons. The molecule has 0 aliphatic carbocycles. The Morgan fingerprint density at radius 2 is 1.25 bits per heavy atom. The second-order valence-corrected chi connectivity index (χ2v) is 12.2. The van der Waals surface area contributed by atoms with Crippen molar-refractivity contribution in [3.8, 4) is 0 Å². The van der Waals surface area contributed by atoms with Crippen LogP contribution in [0.5, 0.6) is 0 Å². The predicted octanol–water partition coefficient (Wildman–Crippen LogP) is 7.61. The van der Waals surface area contributed by atoms with Crippen LogP contribution in [-0.2, 0) is 13.7 Å². The Morgan fingerprint density at radius 1 is 0.722 bits per heavy atom. The molecular formula is C31H26N2OS2. The third-order valence-electron chi connectivity index (χ3n) is 6.86. The summed E-state index contributed by atoms with van der Waals surface area (Å²) in [4.78, 5) is 12.7. The predicted molar refractivity (Wildman–Crippen MR) is 153 cm³/mol. The number of nitrogens with zero attached hydrogens (tertiary/aromatic N) is 2. The number of aryl methyl sites for hydroxylation is 2. The summed E-state index contributed by atoms with van der Waals surface area (Å²) in [5.41, 5.74) is 8.26. The van der Waals surface area contributed by atoms with E-state index in [1.165, 1.54) is 33.4 Å². The Bertz CT molecular complexity index is 1430. The second-order valence-electron chi connectivity index (χ2n) is 9.35. The van der Waals surface area contributed by atoms with E-state index < -0.39 is 8.95 Å². The fraction of sp³-hybridized carbons (Fsp3) is 0.161. The Balaban J connectivity index is 1.65. The SMILES string of the molecule is CC(=O)C1=NN(c2ccccc2)[C@]2(S1)SC(c1ccc(C)cc1)(c1ccc(C)cc1)c1ccccc12. The van der Waals surface area contributed by atoms with Gasteiger partial charge in [-0.05, 0) is 42.7 Å². The molecule has 1 atom stereocenters. The van der Waals surface area contributed by atoms with Gasteiger partial charge < -0.3 is 0 Å². The van der Waals surface area contributed by atoms with E-state index in [2.05, 4.69) is 104 Å². The van der Waals surface area contributed by atoms with Gasteiger partial charge in [0, 0.05) is 12.5 Å². The molecule has 4 aromatic carbocycles. The number of rotatable bonds is 4. The van der Waals surface area contributed by atoms with E-state index in [4.69, 9.17) is 5.10 Å². The maximum Gasteiger partial charge on any atom is 0.187 e. The zero-order chi connectivity index (χ0) is 24.9. The van der Waals surface area contributed by atoms with Crippen LogP contribution in [0.1, 0.15) is 40.3 Å². The zero-order valence-electron chi connectivity index (χ0n) is 20.4. The first-order valence-corrected chi connectivity index (χ1v) is 13.7. The van der Waals surface area contributed by atoms with Crippen molar-refractivity contribution in [1.82, 2.24) is 0 Å². The first kappa shape index (κ1) is 23.1. The molecule has 0 amide bonds. The van der Waals surface area contributed by atoms with E-state index >= 15 is 0 Å². The van der Waals surface area contributed by atoms with E-state index in [9.17, 15) is 4.79 Å². The second kappa shape index (κ2) is 8.68. The van der Waals surface area contributed by atoms with Crippen LogP contribution in [-0.4, -0.2) is 10.8 Å². The number of fused-ring (bicyclic) bond motifs is 2. The van der Waals surface area contributed by atoms with Crippen LogP contribution in [0.3, 0.4) is 0 Å². The van der Waals surface area contributed by atoms with Crippen LogP contribution in [0.4, 0.5) is 5.69 Å². The Labute approximate surface area is 220 Å². The number of hydrazone groups is 1. The summed E-state index contributed by atoms with van der Waals surface area (Å²) in [6.45, 7) is 5.85. The summed E-state index contributed by atoms with van der Waals surface area (Å²) >= 11 is 3.42. The molecule has 0 N–H and O–H groups in total. The topological polar surface area (TPSA) is 32.7 Å². The largest absolute Gasteiger partial charge is 0.292 e. The highest BCUT2D eigenvalue weighted by molar-refractivity contribution is 8.27. The standard InChI is InChI=1S/C31H26N2OS2/c1-21-13-17-24(18-14-21)30(25-19-15-22(2)16-20-25)27-11-7-8-12-28(27)31(36-30)33(26-9-5-4-6-10-26)32-29(35-31)23(3)34/h4-20H,1-3H3/t31-/m1/s1. The fourth-order valence-electron chi connectivity index (χ4n) is 5.08. The minimum atomic E-state index is -0.630. The number of carbonyl (C=O) groups is 1. The molecule has 1 spiro atoms. The minimum Gasteiger partial charge on any atom is -0.292 e. The van der Waals surface area contributed by atoms with E-state index in [0.717, 1.165) is 5.69 Å². The first-order chi connectivity index (χ1) is 17.4. The summed E-state index contributed by atoms with van der Waals surface area (Å²) in [5.74, 6) is -0.0148. The maximum atomic E-state index is 12.7. The van der Waals surface area contributed by atoms with Crippen molar-refractivity contribution in [2.75, 3.05) is 5.01 Å². The van der Waals surface area contributed by atoms with Gasteiger partial charge in [0.05, 0.1) is 10.4 Å². The highest BCUT2D eigenvalue weighted by Crippen LogP contribution is 2.70. The van der Waals surface area contributed by atoms with Gasteiger partial charge in [0.1, 0.15) is 0 Å². The van der Waals surface area contributed by atoms with Gasteiger partial charge in [-0.25, -0.2) is 5.01 Å². The van der Waals surface area contributed by atoms with E-state index in [1.807, 2.05) is 30.0 Å². The molecule has 36 heavy (non-hydrogen) atoms. The fourth-order valence-corrected chi connectivity index (χ4v) is 8.64. The normalized spacial score (nSPS) is 19.9. The van der Waals surface area contributed by atoms with Crippen LogP contribution in [0.15, 0.2) is 108 Å². The average Bonchev–Trinajstić information content (AvgIpc) is 3.43. The number of thioether (sulfide) groups is 2.